The van der Waals surface area contributed by atoms with Gasteiger partial charge < -0.3 is 15.1 Å². The van der Waals surface area contributed by atoms with Crippen molar-refractivity contribution in [1.82, 2.24) is 10.2 Å². The average Bonchev–Trinajstić information content (AvgIpc) is 2.89. The largest absolute Gasteiger partial charge is 0.365 e. The lowest BCUT2D eigenvalue weighted by atomic mass is 10.3. The number of likely N-dealkylation sites (N-methyl/N-ethyl adjacent to an activating group) is 1. The number of hydrogen-bond donors (Lipinski definition) is 1. The van der Waals surface area contributed by atoms with E-state index in [0.29, 0.717) is 19.5 Å². The van der Waals surface area contributed by atoms with Crippen LogP contribution in [0.4, 0.5) is 10.1 Å². The van der Waals surface area contributed by atoms with Gasteiger partial charge in [0.25, 0.3) is 0 Å². The van der Waals surface area contributed by atoms with Crippen LogP contribution in [0.3, 0.4) is 0 Å². The summed E-state index contributed by atoms with van der Waals surface area (Å²) in [7, 11) is 1.79. The second-order valence-corrected chi connectivity index (χ2v) is 5.52. The Bertz CT molecular complexity index is 519. The lowest BCUT2D eigenvalue weighted by Gasteiger charge is -2.19. The van der Waals surface area contributed by atoms with Gasteiger partial charge in [0.05, 0.1) is 6.54 Å². The first-order valence-electron chi connectivity index (χ1n) is 7.57. The molecular weight excluding hydrogens is 285 g/mol. The molecule has 1 aliphatic rings. The summed E-state index contributed by atoms with van der Waals surface area (Å²) in [6, 6.07) is 6.02. The van der Waals surface area contributed by atoms with Crippen LogP contribution in [0.5, 0.6) is 0 Å². The number of likely N-dealkylation sites (tertiary alicyclic amines) is 1. The van der Waals surface area contributed by atoms with Crippen LogP contribution in [0.2, 0.25) is 0 Å². The monoisotopic (exact) mass is 307 g/mol. The van der Waals surface area contributed by atoms with Crippen LogP contribution in [0.15, 0.2) is 24.3 Å². The van der Waals surface area contributed by atoms with Gasteiger partial charge in [-0.25, -0.2) is 4.39 Å². The predicted octanol–water partition coefficient (Wildman–Crippen LogP) is 1.39. The Hall–Kier alpha value is -2.11. The molecule has 5 nitrogen and oxygen atoms in total. The molecule has 0 aromatic heterocycles. The van der Waals surface area contributed by atoms with E-state index in [0.717, 1.165) is 25.1 Å². The summed E-state index contributed by atoms with van der Waals surface area (Å²) in [5.74, 6) is -0.167. The van der Waals surface area contributed by atoms with Gasteiger partial charge in [-0.2, -0.15) is 0 Å². The molecule has 0 radical (unpaired) electrons. The minimum absolute atomic E-state index is 0.0837. The van der Waals surface area contributed by atoms with Crippen LogP contribution in [-0.4, -0.2) is 49.9 Å². The van der Waals surface area contributed by atoms with Gasteiger partial charge >= 0.3 is 0 Å². The minimum atomic E-state index is -0.293. The van der Waals surface area contributed by atoms with Crippen molar-refractivity contribution < 1.29 is 14.0 Å². The highest BCUT2D eigenvalue weighted by molar-refractivity contribution is 5.81. The van der Waals surface area contributed by atoms with E-state index in [4.69, 9.17) is 0 Å². The molecule has 0 saturated carbocycles. The fourth-order valence-corrected chi connectivity index (χ4v) is 2.50. The molecule has 1 aromatic rings. The van der Waals surface area contributed by atoms with E-state index in [1.165, 1.54) is 12.1 Å². The number of hydrogen-bond acceptors (Lipinski definition) is 3. The number of nitrogens with zero attached hydrogens (tertiary/aromatic N) is 2. The quantitative estimate of drug-likeness (QED) is 0.775. The number of benzene rings is 1. The maximum atomic E-state index is 12.8. The fraction of sp³-hybridized carbons (Fsp3) is 0.500. The summed E-state index contributed by atoms with van der Waals surface area (Å²) in [4.78, 5) is 26.9. The number of carbonyl (C=O) groups excluding carboxylic acids is 2. The van der Waals surface area contributed by atoms with E-state index in [1.54, 1.807) is 24.1 Å². The normalized spacial score (nSPS) is 14.3. The Morgan fingerprint density at radius 2 is 2.09 bits per heavy atom. The van der Waals surface area contributed by atoms with Crippen molar-refractivity contribution in [2.75, 3.05) is 38.1 Å². The SMILES string of the molecule is CN(CC(=O)NCCCN1CCCC1=O)c1ccc(F)cc1. The van der Waals surface area contributed by atoms with Crippen molar-refractivity contribution in [3.05, 3.63) is 30.1 Å². The zero-order chi connectivity index (χ0) is 15.9. The minimum Gasteiger partial charge on any atom is -0.365 e. The van der Waals surface area contributed by atoms with Crippen molar-refractivity contribution in [3.8, 4) is 0 Å². The smallest absolute Gasteiger partial charge is 0.239 e. The molecule has 1 N–H and O–H groups in total. The standard InChI is InChI=1S/C16H22FN3O2/c1-19(14-7-5-13(17)6-8-14)12-15(21)18-9-3-11-20-10-2-4-16(20)22/h5-8H,2-4,9-12H2,1H3,(H,18,21). The molecule has 0 atom stereocenters. The fourth-order valence-electron chi connectivity index (χ4n) is 2.50. The molecule has 1 fully saturated rings. The summed E-state index contributed by atoms with van der Waals surface area (Å²) in [6.07, 6.45) is 2.35. The molecule has 120 valence electrons. The number of nitrogens with one attached hydrogen (secondary N) is 1. The van der Waals surface area contributed by atoms with Gasteiger partial charge in [0.1, 0.15) is 5.82 Å². The third kappa shape index (κ3) is 4.72. The summed E-state index contributed by atoms with van der Waals surface area (Å²) in [5.41, 5.74) is 0.791. The highest BCUT2D eigenvalue weighted by Gasteiger charge is 2.19. The molecule has 0 unspecified atom stereocenters. The first-order valence-corrected chi connectivity index (χ1v) is 7.57. The molecule has 1 aliphatic heterocycles. The molecular formula is C16H22FN3O2. The lowest BCUT2D eigenvalue weighted by molar-refractivity contribution is -0.127. The van der Waals surface area contributed by atoms with Gasteiger partial charge in [0.15, 0.2) is 0 Å². The van der Waals surface area contributed by atoms with Gasteiger partial charge in [-0.15, -0.1) is 0 Å². The van der Waals surface area contributed by atoms with Gasteiger partial charge in [0, 0.05) is 38.8 Å². The second-order valence-electron chi connectivity index (χ2n) is 5.52. The van der Waals surface area contributed by atoms with Crippen LogP contribution in [0, 0.1) is 5.82 Å². The van der Waals surface area contributed by atoms with Crippen molar-refractivity contribution in [2.24, 2.45) is 0 Å². The van der Waals surface area contributed by atoms with Crippen LogP contribution >= 0.6 is 0 Å². The molecule has 2 amide bonds. The zero-order valence-corrected chi connectivity index (χ0v) is 12.8. The Kier molecular flexibility index (Phi) is 5.75. The van der Waals surface area contributed by atoms with Crippen LogP contribution in [-0.2, 0) is 9.59 Å². The summed E-state index contributed by atoms with van der Waals surface area (Å²) in [6.45, 7) is 2.31. The molecule has 0 aliphatic carbocycles. The van der Waals surface area contributed by atoms with Crippen molar-refractivity contribution in [2.45, 2.75) is 19.3 Å². The highest BCUT2D eigenvalue weighted by atomic mass is 19.1. The summed E-state index contributed by atoms with van der Waals surface area (Å²) < 4.78 is 12.8. The predicted molar refractivity (Wildman–Crippen MR) is 83.1 cm³/mol. The van der Waals surface area contributed by atoms with E-state index < -0.39 is 0 Å². The number of anilines is 1. The van der Waals surface area contributed by atoms with Gasteiger partial charge in [-0.1, -0.05) is 0 Å². The number of carbonyl (C=O) groups is 2. The zero-order valence-electron chi connectivity index (χ0n) is 12.8. The summed E-state index contributed by atoms with van der Waals surface area (Å²) >= 11 is 0. The average molecular weight is 307 g/mol. The molecule has 1 aromatic carbocycles. The van der Waals surface area contributed by atoms with Gasteiger partial charge in [-0.05, 0) is 37.1 Å². The third-order valence-electron chi connectivity index (χ3n) is 3.75. The number of halogens is 1. The third-order valence-corrected chi connectivity index (χ3v) is 3.75. The van der Waals surface area contributed by atoms with Crippen LogP contribution in [0.1, 0.15) is 19.3 Å². The number of amides is 2. The maximum absolute atomic E-state index is 12.8. The summed E-state index contributed by atoms with van der Waals surface area (Å²) in [5, 5.41) is 2.84. The van der Waals surface area contributed by atoms with Crippen molar-refractivity contribution >= 4 is 17.5 Å². The molecule has 2 rings (SSSR count). The first kappa shape index (κ1) is 16.3. The topological polar surface area (TPSA) is 52.7 Å². The molecule has 22 heavy (non-hydrogen) atoms. The van der Waals surface area contributed by atoms with Crippen LogP contribution < -0.4 is 10.2 Å². The van der Waals surface area contributed by atoms with Crippen molar-refractivity contribution in [3.63, 3.8) is 0 Å². The Morgan fingerprint density at radius 1 is 1.36 bits per heavy atom. The molecule has 0 bridgehead atoms. The van der Waals surface area contributed by atoms with E-state index in [1.807, 2.05) is 4.90 Å². The van der Waals surface area contributed by atoms with E-state index in [2.05, 4.69) is 5.32 Å². The Labute approximate surface area is 130 Å². The number of rotatable bonds is 7. The molecule has 6 heteroatoms. The molecule has 0 spiro atoms. The Balaban J connectivity index is 1.65. The molecule has 1 saturated heterocycles. The van der Waals surface area contributed by atoms with E-state index in [-0.39, 0.29) is 24.2 Å². The van der Waals surface area contributed by atoms with Crippen molar-refractivity contribution in [1.29, 1.82) is 0 Å². The van der Waals surface area contributed by atoms with E-state index >= 15 is 0 Å². The maximum Gasteiger partial charge on any atom is 0.239 e. The van der Waals surface area contributed by atoms with Gasteiger partial charge in [0.2, 0.25) is 11.8 Å². The molecule has 1 heterocycles. The first-order chi connectivity index (χ1) is 10.6. The second kappa shape index (κ2) is 7.77. The highest BCUT2D eigenvalue weighted by Crippen LogP contribution is 2.12. The lowest BCUT2D eigenvalue weighted by Crippen LogP contribution is -2.36. The van der Waals surface area contributed by atoms with E-state index in [9.17, 15) is 14.0 Å². The van der Waals surface area contributed by atoms with Crippen LogP contribution in [0.25, 0.3) is 0 Å². The Morgan fingerprint density at radius 3 is 2.73 bits per heavy atom. The van der Waals surface area contributed by atoms with Gasteiger partial charge in [-0.3, -0.25) is 9.59 Å².